The van der Waals surface area contributed by atoms with Gasteiger partial charge in [-0.15, -0.1) is 11.3 Å². The number of hydrogen-bond acceptors (Lipinski definition) is 3. The van der Waals surface area contributed by atoms with Gasteiger partial charge >= 0.3 is 0 Å². The van der Waals surface area contributed by atoms with Crippen molar-refractivity contribution in [2.45, 2.75) is 0 Å². The highest BCUT2D eigenvalue weighted by atomic mass is 35.5. The van der Waals surface area contributed by atoms with Crippen molar-refractivity contribution >= 4 is 40.6 Å². The van der Waals surface area contributed by atoms with E-state index < -0.39 is 11.6 Å². The number of benzene rings is 1. The maximum absolute atomic E-state index is 11.9. The Bertz CT molecular complexity index is 680. The van der Waals surface area contributed by atoms with Crippen LogP contribution in [-0.4, -0.2) is 11.6 Å². The van der Waals surface area contributed by atoms with Gasteiger partial charge in [0.25, 0.3) is 0 Å². The number of carbonyl (C=O) groups excluding carboxylic acids is 2. The van der Waals surface area contributed by atoms with Crippen LogP contribution in [-0.2, 0) is 4.79 Å². The molecule has 0 aliphatic heterocycles. The van der Waals surface area contributed by atoms with Gasteiger partial charge in [-0.2, -0.15) is 0 Å². The van der Waals surface area contributed by atoms with Crippen LogP contribution < -0.4 is 0 Å². The third-order valence-electron chi connectivity index (χ3n) is 2.81. The molecule has 3 rings (SSSR count). The fraction of sp³-hybridized carbons (Fsp3) is 0. The van der Waals surface area contributed by atoms with Gasteiger partial charge in [0, 0.05) is 15.5 Å². The van der Waals surface area contributed by atoms with Crippen LogP contribution in [0.25, 0.3) is 17.2 Å². The third kappa shape index (κ3) is 1.72. The Morgan fingerprint density at radius 3 is 2.44 bits per heavy atom. The quantitative estimate of drug-likeness (QED) is 0.740. The van der Waals surface area contributed by atoms with Gasteiger partial charge in [0.1, 0.15) is 0 Å². The molecule has 0 saturated carbocycles. The Morgan fingerprint density at radius 1 is 1.00 bits per heavy atom. The number of rotatable bonds is 1. The SMILES string of the molecule is O=C1C=Cc2scc(-c3ccc(Cl)cc3)c2C1=O. The zero-order valence-corrected chi connectivity index (χ0v) is 10.7. The summed E-state index contributed by atoms with van der Waals surface area (Å²) in [5.41, 5.74) is 2.21. The number of fused-ring (bicyclic) bond motifs is 1. The topological polar surface area (TPSA) is 34.1 Å². The molecule has 0 unspecified atom stereocenters. The van der Waals surface area contributed by atoms with Crippen LogP contribution >= 0.6 is 22.9 Å². The Hall–Kier alpha value is -1.71. The zero-order valence-electron chi connectivity index (χ0n) is 9.14. The maximum Gasteiger partial charge on any atom is 0.234 e. The van der Waals surface area contributed by atoms with E-state index in [1.807, 2.05) is 17.5 Å². The molecule has 0 atom stereocenters. The zero-order chi connectivity index (χ0) is 12.7. The van der Waals surface area contributed by atoms with E-state index >= 15 is 0 Å². The molecule has 2 aromatic rings. The molecule has 0 bridgehead atoms. The fourth-order valence-electron chi connectivity index (χ4n) is 1.92. The van der Waals surface area contributed by atoms with Crippen molar-refractivity contribution in [3.63, 3.8) is 0 Å². The van der Waals surface area contributed by atoms with Crippen molar-refractivity contribution in [1.82, 2.24) is 0 Å². The van der Waals surface area contributed by atoms with E-state index in [4.69, 9.17) is 11.6 Å². The van der Waals surface area contributed by atoms with Gasteiger partial charge < -0.3 is 0 Å². The van der Waals surface area contributed by atoms with Crippen LogP contribution in [0, 0.1) is 0 Å². The Balaban J connectivity index is 2.18. The Labute approximate surface area is 113 Å². The van der Waals surface area contributed by atoms with Crippen molar-refractivity contribution in [2.24, 2.45) is 0 Å². The first-order chi connectivity index (χ1) is 8.66. The van der Waals surface area contributed by atoms with Crippen molar-refractivity contribution in [1.29, 1.82) is 0 Å². The maximum atomic E-state index is 11.9. The second-order valence-corrected chi connectivity index (χ2v) is 5.27. The molecule has 1 aliphatic rings. The van der Waals surface area contributed by atoms with Crippen LogP contribution in [0.1, 0.15) is 15.2 Å². The molecule has 88 valence electrons. The summed E-state index contributed by atoms with van der Waals surface area (Å²) in [5.74, 6) is -0.894. The summed E-state index contributed by atoms with van der Waals surface area (Å²) in [6.07, 6.45) is 3.02. The van der Waals surface area contributed by atoms with Crippen molar-refractivity contribution in [2.75, 3.05) is 0 Å². The van der Waals surface area contributed by atoms with E-state index in [0.717, 1.165) is 16.0 Å². The summed E-state index contributed by atoms with van der Waals surface area (Å²) in [5, 5.41) is 2.54. The molecular weight excluding hydrogens is 268 g/mol. The van der Waals surface area contributed by atoms with Gasteiger partial charge in [-0.25, -0.2) is 0 Å². The normalized spacial score (nSPS) is 13.8. The molecule has 1 aromatic carbocycles. The molecule has 0 radical (unpaired) electrons. The molecule has 0 spiro atoms. The second kappa shape index (κ2) is 4.19. The second-order valence-electron chi connectivity index (χ2n) is 3.92. The highest BCUT2D eigenvalue weighted by molar-refractivity contribution is 7.12. The third-order valence-corrected chi connectivity index (χ3v) is 4.01. The lowest BCUT2D eigenvalue weighted by Gasteiger charge is -2.06. The van der Waals surface area contributed by atoms with E-state index in [1.54, 1.807) is 18.2 Å². The van der Waals surface area contributed by atoms with Gasteiger partial charge in [0.05, 0.1) is 5.56 Å². The number of allylic oxidation sites excluding steroid dienone is 1. The lowest BCUT2D eigenvalue weighted by atomic mass is 9.95. The first kappa shape index (κ1) is 11.4. The lowest BCUT2D eigenvalue weighted by Crippen LogP contribution is -2.15. The fourth-order valence-corrected chi connectivity index (χ4v) is 3.01. The molecule has 1 aliphatic carbocycles. The molecule has 2 nitrogen and oxygen atoms in total. The van der Waals surface area contributed by atoms with Gasteiger partial charge in [0.15, 0.2) is 0 Å². The molecule has 0 amide bonds. The monoisotopic (exact) mass is 274 g/mol. The van der Waals surface area contributed by atoms with Gasteiger partial charge in [-0.3, -0.25) is 9.59 Å². The van der Waals surface area contributed by atoms with E-state index in [1.165, 1.54) is 17.4 Å². The van der Waals surface area contributed by atoms with Crippen molar-refractivity contribution < 1.29 is 9.59 Å². The summed E-state index contributed by atoms with van der Waals surface area (Å²) in [6, 6.07) is 7.24. The highest BCUT2D eigenvalue weighted by Crippen LogP contribution is 2.35. The van der Waals surface area contributed by atoms with Crippen LogP contribution in [0.2, 0.25) is 5.02 Å². The first-order valence-corrected chi connectivity index (χ1v) is 6.57. The summed E-state index contributed by atoms with van der Waals surface area (Å²) in [6.45, 7) is 0. The van der Waals surface area contributed by atoms with Gasteiger partial charge in [0.2, 0.25) is 11.6 Å². The summed E-state index contributed by atoms with van der Waals surface area (Å²) >= 11 is 7.30. The van der Waals surface area contributed by atoms with Crippen LogP contribution in [0.15, 0.2) is 35.7 Å². The minimum Gasteiger partial charge on any atom is -0.286 e. The molecule has 0 fully saturated rings. The predicted octanol–water partition coefficient (Wildman–Crippen LogP) is 3.85. The van der Waals surface area contributed by atoms with Crippen LogP contribution in [0.3, 0.4) is 0 Å². The average molecular weight is 275 g/mol. The molecule has 4 heteroatoms. The van der Waals surface area contributed by atoms with Crippen LogP contribution in [0.4, 0.5) is 0 Å². The standard InChI is InChI=1S/C14H7ClO2S/c15-9-3-1-8(2-4-9)10-7-18-12-6-5-11(16)14(17)13(10)12/h1-7H. The molecule has 1 heterocycles. The number of thiophene rings is 1. The van der Waals surface area contributed by atoms with Gasteiger partial charge in [-0.05, 0) is 35.2 Å². The van der Waals surface area contributed by atoms with E-state index in [2.05, 4.69) is 0 Å². The lowest BCUT2D eigenvalue weighted by molar-refractivity contribution is -0.110. The van der Waals surface area contributed by atoms with E-state index in [9.17, 15) is 9.59 Å². The molecule has 0 saturated heterocycles. The largest absolute Gasteiger partial charge is 0.286 e. The predicted molar refractivity (Wildman–Crippen MR) is 73.1 cm³/mol. The Kier molecular flexibility index (Phi) is 2.65. The number of ketones is 2. The minimum atomic E-state index is -0.462. The van der Waals surface area contributed by atoms with Crippen LogP contribution in [0.5, 0.6) is 0 Å². The molecular formula is C14H7ClO2S. The smallest absolute Gasteiger partial charge is 0.234 e. The number of halogens is 1. The molecule has 1 aromatic heterocycles. The summed E-state index contributed by atoms with van der Waals surface area (Å²) < 4.78 is 0. The Morgan fingerprint density at radius 2 is 1.72 bits per heavy atom. The number of hydrogen-bond donors (Lipinski definition) is 0. The van der Waals surface area contributed by atoms with E-state index in [-0.39, 0.29) is 0 Å². The summed E-state index contributed by atoms with van der Waals surface area (Å²) in [7, 11) is 0. The van der Waals surface area contributed by atoms with Crippen molar-refractivity contribution in [3.8, 4) is 11.1 Å². The first-order valence-electron chi connectivity index (χ1n) is 5.31. The van der Waals surface area contributed by atoms with E-state index in [0.29, 0.717) is 10.6 Å². The number of carbonyl (C=O) groups is 2. The average Bonchev–Trinajstić information content (AvgIpc) is 2.79. The molecule has 0 N–H and O–H groups in total. The highest BCUT2D eigenvalue weighted by Gasteiger charge is 2.26. The van der Waals surface area contributed by atoms with Crippen molar-refractivity contribution in [3.05, 3.63) is 51.2 Å². The summed E-state index contributed by atoms with van der Waals surface area (Å²) in [4.78, 5) is 24.2. The molecule has 18 heavy (non-hydrogen) atoms. The number of Topliss-reactive ketones (excluding diaryl/α,β-unsaturated/α-hetero) is 1. The van der Waals surface area contributed by atoms with Gasteiger partial charge in [-0.1, -0.05) is 23.7 Å². The minimum absolute atomic E-state index is 0.432.